The van der Waals surface area contributed by atoms with Crippen LogP contribution in [-0.2, 0) is 27.4 Å². The number of aromatic nitrogens is 4. The zero-order valence-corrected chi connectivity index (χ0v) is 20.0. The first-order valence-corrected chi connectivity index (χ1v) is 11.3. The maximum Gasteiger partial charge on any atom is 0.417 e. The lowest BCUT2D eigenvalue weighted by Gasteiger charge is -2.21. The third-order valence-electron chi connectivity index (χ3n) is 5.25. The van der Waals surface area contributed by atoms with Gasteiger partial charge in [-0.05, 0) is 37.3 Å². The molecule has 3 aromatic rings. The van der Waals surface area contributed by atoms with Crippen LogP contribution in [0.3, 0.4) is 0 Å². The van der Waals surface area contributed by atoms with Crippen LogP contribution in [0.25, 0.3) is 11.2 Å². The Labute approximate surface area is 197 Å². The summed E-state index contributed by atoms with van der Waals surface area (Å²) in [6.07, 6.45) is 1.88. The Hall–Kier alpha value is -3.20. The molecule has 0 saturated carbocycles. The highest BCUT2D eigenvalue weighted by molar-refractivity contribution is 6.33. The molecule has 10 heteroatoms. The summed E-state index contributed by atoms with van der Waals surface area (Å²) in [5.74, 6) is 0.0729. The molecular formula is C23H28ClN5O4. The van der Waals surface area contributed by atoms with Crippen LogP contribution in [0.4, 0.5) is 10.7 Å². The number of hydrogen-bond acceptors (Lipinski definition) is 7. The summed E-state index contributed by atoms with van der Waals surface area (Å²) in [4.78, 5) is 39.0. The molecule has 0 radical (unpaired) electrons. The Kier molecular flexibility index (Phi) is 8.21. The largest absolute Gasteiger partial charge is 0.465 e. The van der Waals surface area contributed by atoms with Crippen LogP contribution in [0.5, 0.6) is 0 Å². The van der Waals surface area contributed by atoms with Crippen LogP contribution < -0.4 is 4.90 Å². The van der Waals surface area contributed by atoms with Crippen molar-refractivity contribution in [3.05, 3.63) is 46.9 Å². The van der Waals surface area contributed by atoms with Crippen LogP contribution in [0, 0.1) is 0 Å². The number of halogens is 1. The minimum absolute atomic E-state index is 0.0579. The van der Waals surface area contributed by atoms with Crippen molar-refractivity contribution in [2.45, 2.75) is 53.1 Å². The minimum Gasteiger partial charge on any atom is -0.465 e. The minimum atomic E-state index is -0.602. The van der Waals surface area contributed by atoms with Crippen molar-refractivity contribution < 1.29 is 19.1 Å². The summed E-state index contributed by atoms with van der Waals surface area (Å²) in [7, 11) is 0. The van der Waals surface area contributed by atoms with E-state index in [0.717, 1.165) is 12.0 Å². The van der Waals surface area contributed by atoms with Gasteiger partial charge in [0.15, 0.2) is 10.8 Å². The number of nitrogens with zero attached hydrogens (tertiary/aromatic N) is 5. The van der Waals surface area contributed by atoms with E-state index in [-0.39, 0.29) is 37.4 Å². The van der Waals surface area contributed by atoms with Crippen LogP contribution in [-0.4, -0.2) is 44.8 Å². The second-order valence-corrected chi connectivity index (χ2v) is 7.86. The van der Waals surface area contributed by atoms with Gasteiger partial charge >= 0.3 is 12.1 Å². The van der Waals surface area contributed by atoms with Crippen LogP contribution in [0.1, 0.15) is 51.2 Å². The van der Waals surface area contributed by atoms with Crippen molar-refractivity contribution in [1.82, 2.24) is 19.5 Å². The van der Waals surface area contributed by atoms with Gasteiger partial charge in [0, 0.05) is 0 Å². The van der Waals surface area contributed by atoms with Gasteiger partial charge in [0.25, 0.3) is 0 Å². The number of anilines is 1. The summed E-state index contributed by atoms with van der Waals surface area (Å²) in [6, 6.07) is 8.05. The summed E-state index contributed by atoms with van der Waals surface area (Å²) in [5, 5.41) is 0.0685. The molecule has 2 aromatic heterocycles. The Balaban J connectivity index is 1.97. The van der Waals surface area contributed by atoms with Crippen molar-refractivity contribution in [1.29, 1.82) is 0 Å². The standard InChI is InChI=1S/C23H28ClN5O4/c1-5-15(4)17-10-8-16(9-11-17)12-29(23(31)33-7-3)22-26-20(24)19-21(27-22)28(14-25-19)13-18(30)32-6-2/h8-11,14-15H,5-7,12-13H2,1-4H3. The Bertz CT molecular complexity index is 1120. The molecule has 0 N–H and O–H groups in total. The first-order chi connectivity index (χ1) is 15.9. The van der Waals surface area contributed by atoms with Gasteiger partial charge in [-0.2, -0.15) is 9.97 Å². The van der Waals surface area contributed by atoms with Gasteiger partial charge in [0.2, 0.25) is 5.95 Å². The molecule has 0 bridgehead atoms. The fourth-order valence-electron chi connectivity index (χ4n) is 3.27. The molecule has 0 fully saturated rings. The predicted octanol–water partition coefficient (Wildman–Crippen LogP) is 4.72. The molecule has 1 atom stereocenters. The molecule has 9 nitrogen and oxygen atoms in total. The first-order valence-electron chi connectivity index (χ1n) is 10.9. The number of esters is 1. The van der Waals surface area contributed by atoms with E-state index in [9.17, 15) is 9.59 Å². The number of rotatable bonds is 9. The van der Waals surface area contributed by atoms with E-state index in [0.29, 0.717) is 17.1 Å². The molecule has 1 amide bonds. The van der Waals surface area contributed by atoms with Crippen LogP contribution >= 0.6 is 11.6 Å². The van der Waals surface area contributed by atoms with E-state index < -0.39 is 12.1 Å². The third-order valence-corrected chi connectivity index (χ3v) is 5.51. The number of amides is 1. The molecule has 0 aliphatic heterocycles. The van der Waals surface area contributed by atoms with Gasteiger partial charge in [-0.1, -0.05) is 49.7 Å². The lowest BCUT2D eigenvalue weighted by atomic mass is 9.97. The molecule has 0 spiro atoms. The number of imidazole rings is 1. The van der Waals surface area contributed by atoms with Crippen molar-refractivity contribution in [3.63, 3.8) is 0 Å². The number of fused-ring (bicyclic) bond motifs is 1. The normalized spacial score (nSPS) is 11.9. The van der Waals surface area contributed by atoms with Crippen LogP contribution in [0.2, 0.25) is 5.15 Å². The summed E-state index contributed by atoms with van der Waals surface area (Å²) >= 11 is 6.35. The highest BCUT2D eigenvalue weighted by Crippen LogP contribution is 2.25. The van der Waals surface area contributed by atoms with Crippen molar-refractivity contribution in [2.24, 2.45) is 0 Å². The Morgan fingerprint density at radius 2 is 1.79 bits per heavy atom. The molecule has 176 valence electrons. The van der Waals surface area contributed by atoms with Gasteiger partial charge in [-0.15, -0.1) is 0 Å². The number of carbonyl (C=O) groups excluding carboxylic acids is 2. The highest BCUT2D eigenvalue weighted by Gasteiger charge is 2.24. The van der Waals surface area contributed by atoms with Crippen molar-refractivity contribution in [3.8, 4) is 0 Å². The predicted molar refractivity (Wildman–Crippen MR) is 125 cm³/mol. The summed E-state index contributed by atoms with van der Waals surface area (Å²) in [6.45, 7) is 8.32. The first kappa shape index (κ1) is 24.4. The average molecular weight is 474 g/mol. The number of benzene rings is 1. The lowest BCUT2D eigenvalue weighted by molar-refractivity contribution is -0.143. The van der Waals surface area contributed by atoms with Gasteiger partial charge in [-0.3, -0.25) is 4.79 Å². The summed E-state index contributed by atoms with van der Waals surface area (Å²) < 4.78 is 11.8. The monoisotopic (exact) mass is 473 g/mol. The SMILES string of the molecule is CCOC(=O)Cn1cnc2c(Cl)nc(N(Cc3ccc(C(C)CC)cc3)C(=O)OCC)nc21. The van der Waals surface area contributed by atoms with E-state index in [4.69, 9.17) is 21.1 Å². The smallest absolute Gasteiger partial charge is 0.417 e. The van der Waals surface area contributed by atoms with Crippen molar-refractivity contribution >= 4 is 40.8 Å². The molecule has 33 heavy (non-hydrogen) atoms. The third kappa shape index (κ3) is 5.78. The zero-order chi connectivity index (χ0) is 24.0. The van der Waals surface area contributed by atoms with Crippen molar-refractivity contribution in [2.75, 3.05) is 18.1 Å². The Morgan fingerprint density at radius 3 is 2.42 bits per heavy atom. The molecule has 0 aliphatic carbocycles. The molecule has 3 rings (SSSR count). The molecule has 0 saturated heterocycles. The fraction of sp³-hybridized carbons (Fsp3) is 0.435. The molecule has 2 heterocycles. The number of ether oxygens (including phenoxy) is 2. The zero-order valence-electron chi connectivity index (χ0n) is 19.2. The van der Waals surface area contributed by atoms with Gasteiger partial charge < -0.3 is 14.0 Å². The van der Waals surface area contributed by atoms with E-state index in [1.807, 2.05) is 12.1 Å². The highest BCUT2D eigenvalue weighted by atomic mass is 35.5. The molecule has 1 unspecified atom stereocenters. The maximum absolute atomic E-state index is 12.8. The van der Waals surface area contributed by atoms with Gasteiger partial charge in [0.1, 0.15) is 12.1 Å². The number of hydrogen-bond donors (Lipinski definition) is 0. The van der Waals surface area contributed by atoms with E-state index in [1.165, 1.54) is 21.4 Å². The summed E-state index contributed by atoms with van der Waals surface area (Å²) in [5.41, 5.74) is 2.76. The fourth-order valence-corrected chi connectivity index (χ4v) is 3.48. The maximum atomic E-state index is 12.8. The molecular weight excluding hydrogens is 446 g/mol. The number of carbonyl (C=O) groups is 2. The average Bonchev–Trinajstić information content (AvgIpc) is 3.20. The lowest BCUT2D eigenvalue weighted by Crippen LogP contribution is -2.32. The van der Waals surface area contributed by atoms with E-state index in [1.54, 1.807) is 13.8 Å². The quantitative estimate of drug-likeness (QED) is 0.327. The molecule has 1 aromatic carbocycles. The van der Waals surface area contributed by atoms with Gasteiger partial charge in [0.05, 0.1) is 26.1 Å². The van der Waals surface area contributed by atoms with Crippen LogP contribution in [0.15, 0.2) is 30.6 Å². The Morgan fingerprint density at radius 1 is 1.09 bits per heavy atom. The van der Waals surface area contributed by atoms with Gasteiger partial charge in [-0.25, -0.2) is 14.7 Å². The second kappa shape index (κ2) is 11.1. The second-order valence-electron chi connectivity index (χ2n) is 7.50. The molecule has 0 aliphatic rings. The van der Waals surface area contributed by atoms with E-state index in [2.05, 4.69) is 40.9 Å². The topological polar surface area (TPSA) is 99.4 Å². The van der Waals surface area contributed by atoms with E-state index >= 15 is 0 Å².